The van der Waals surface area contributed by atoms with Gasteiger partial charge in [-0.3, -0.25) is 0 Å². The zero-order valence-corrected chi connectivity index (χ0v) is 19.9. The number of morpholine rings is 1. The molecule has 2 saturated heterocycles. The molecule has 28 heavy (non-hydrogen) atoms. The summed E-state index contributed by atoms with van der Waals surface area (Å²) in [7, 11) is 4.17. The fourth-order valence-electron chi connectivity index (χ4n) is 3.80. The highest BCUT2D eigenvalue weighted by atomic mass is 127. The van der Waals surface area contributed by atoms with Crippen molar-refractivity contribution in [3.63, 3.8) is 0 Å². The molecule has 2 unspecified atom stereocenters. The van der Waals surface area contributed by atoms with Crippen LogP contribution in [0.4, 0.5) is 5.69 Å². The number of halogens is 1. The van der Waals surface area contributed by atoms with Crippen LogP contribution in [0, 0.1) is 6.92 Å². The second-order valence-corrected chi connectivity index (χ2v) is 7.60. The highest BCUT2D eigenvalue weighted by Crippen LogP contribution is 2.23. The number of guanidine groups is 1. The van der Waals surface area contributed by atoms with Crippen LogP contribution in [0.2, 0.25) is 0 Å². The molecular weight excluding hydrogens is 467 g/mol. The van der Waals surface area contributed by atoms with Crippen molar-refractivity contribution in [2.75, 3.05) is 51.8 Å². The smallest absolute Gasteiger partial charge is 0.194 e. The van der Waals surface area contributed by atoms with Gasteiger partial charge in [0, 0.05) is 46.0 Å². The molecule has 0 aliphatic carbocycles. The number of ether oxygens (including phenoxy) is 2. The fourth-order valence-corrected chi connectivity index (χ4v) is 3.80. The lowest BCUT2D eigenvalue weighted by Gasteiger charge is -2.37. The van der Waals surface area contributed by atoms with Gasteiger partial charge < -0.3 is 24.6 Å². The zero-order chi connectivity index (χ0) is 19.2. The molecule has 2 aliphatic rings. The number of hydrogen-bond donors (Lipinski definition) is 1. The molecule has 0 aromatic heterocycles. The predicted octanol–water partition coefficient (Wildman–Crippen LogP) is 3.02. The SMILES string of the molecule is CCNC(=NCc1ccc(C)cc1N(C)C)N1CCOC(C2CCCO2)C1.I. The average Bonchev–Trinajstić information content (AvgIpc) is 3.20. The van der Waals surface area contributed by atoms with Gasteiger partial charge in [0.05, 0.1) is 19.3 Å². The summed E-state index contributed by atoms with van der Waals surface area (Å²) >= 11 is 0. The van der Waals surface area contributed by atoms with Gasteiger partial charge in [-0.2, -0.15) is 0 Å². The van der Waals surface area contributed by atoms with Crippen LogP contribution in [0.3, 0.4) is 0 Å². The van der Waals surface area contributed by atoms with Gasteiger partial charge in [-0.25, -0.2) is 4.99 Å². The summed E-state index contributed by atoms with van der Waals surface area (Å²) in [6.07, 6.45) is 2.61. The second-order valence-electron chi connectivity index (χ2n) is 7.60. The van der Waals surface area contributed by atoms with Crippen molar-refractivity contribution in [3.8, 4) is 0 Å². The van der Waals surface area contributed by atoms with Gasteiger partial charge in [0.25, 0.3) is 0 Å². The lowest BCUT2D eigenvalue weighted by Crippen LogP contribution is -2.53. The van der Waals surface area contributed by atoms with E-state index in [9.17, 15) is 0 Å². The van der Waals surface area contributed by atoms with E-state index in [1.54, 1.807) is 0 Å². The van der Waals surface area contributed by atoms with Gasteiger partial charge in [0.15, 0.2) is 5.96 Å². The number of benzene rings is 1. The van der Waals surface area contributed by atoms with Crippen molar-refractivity contribution in [2.45, 2.75) is 45.4 Å². The number of rotatable bonds is 5. The van der Waals surface area contributed by atoms with E-state index in [-0.39, 0.29) is 36.2 Å². The largest absolute Gasteiger partial charge is 0.377 e. The van der Waals surface area contributed by atoms with Crippen LogP contribution in [-0.2, 0) is 16.0 Å². The number of nitrogens with zero attached hydrogens (tertiary/aromatic N) is 3. The average molecular weight is 502 g/mol. The Hall–Kier alpha value is -1.06. The Labute approximate surface area is 186 Å². The molecule has 1 N–H and O–H groups in total. The minimum atomic E-state index is 0. The summed E-state index contributed by atoms with van der Waals surface area (Å²) in [5.41, 5.74) is 3.74. The van der Waals surface area contributed by atoms with Crippen LogP contribution < -0.4 is 10.2 Å². The van der Waals surface area contributed by atoms with Gasteiger partial charge in [0.2, 0.25) is 0 Å². The number of hydrogen-bond acceptors (Lipinski definition) is 4. The van der Waals surface area contributed by atoms with E-state index < -0.39 is 0 Å². The first-order valence-electron chi connectivity index (χ1n) is 10.1. The molecule has 7 heteroatoms. The van der Waals surface area contributed by atoms with E-state index in [4.69, 9.17) is 14.5 Å². The standard InChI is InChI=1S/C21H34N4O2.HI/c1-5-22-21(23-14-17-9-8-16(2)13-18(17)24(3)4)25-10-12-27-20(15-25)19-7-6-11-26-19;/h8-9,13,19-20H,5-7,10-12,14-15H2,1-4H3,(H,22,23);1H. The van der Waals surface area contributed by atoms with Crippen molar-refractivity contribution >= 4 is 35.6 Å². The predicted molar refractivity (Wildman–Crippen MR) is 126 cm³/mol. The monoisotopic (exact) mass is 502 g/mol. The summed E-state index contributed by atoms with van der Waals surface area (Å²) < 4.78 is 11.8. The second kappa shape index (κ2) is 11.2. The number of anilines is 1. The zero-order valence-electron chi connectivity index (χ0n) is 17.6. The van der Waals surface area contributed by atoms with Crippen LogP contribution in [0.5, 0.6) is 0 Å². The maximum atomic E-state index is 5.99. The third-order valence-electron chi connectivity index (χ3n) is 5.23. The molecular formula is C21H35IN4O2. The Morgan fingerprint density at radius 2 is 2.04 bits per heavy atom. The van der Waals surface area contributed by atoms with E-state index >= 15 is 0 Å². The molecule has 6 nitrogen and oxygen atoms in total. The first kappa shape index (κ1) is 23.2. The highest BCUT2D eigenvalue weighted by molar-refractivity contribution is 14.0. The summed E-state index contributed by atoms with van der Waals surface area (Å²) in [6, 6.07) is 6.57. The van der Waals surface area contributed by atoms with Crippen molar-refractivity contribution < 1.29 is 9.47 Å². The lowest BCUT2D eigenvalue weighted by atomic mass is 10.1. The minimum absolute atomic E-state index is 0. The molecule has 2 atom stereocenters. The molecule has 0 amide bonds. The molecule has 1 aromatic rings. The number of aliphatic imine (C=N–C) groups is 1. The number of nitrogens with one attached hydrogen (secondary N) is 1. The van der Waals surface area contributed by atoms with Crippen LogP contribution in [0.25, 0.3) is 0 Å². The van der Waals surface area contributed by atoms with Gasteiger partial charge in [-0.15, -0.1) is 24.0 Å². The molecule has 0 bridgehead atoms. The van der Waals surface area contributed by atoms with Crippen molar-refractivity contribution in [1.29, 1.82) is 0 Å². The summed E-state index contributed by atoms with van der Waals surface area (Å²) in [5, 5.41) is 3.46. The van der Waals surface area contributed by atoms with E-state index in [1.165, 1.54) is 16.8 Å². The Balaban J connectivity index is 0.00000280. The van der Waals surface area contributed by atoms with Gasteiger partial charge in [0.1, 0.15) is 6.10 Å². The van der Waals surface area contributed by atoms with Crippen molar-refractivity contribution in [2.24, 2.45) is 4.99 Å². The maximum Gasteiger partial charge on any atom is 0.194 e. The molecule has 2 heterocycles. The topological polar surface area (TPSA) is 49.3 Å². The van der Waals surface area contributed by atoms with Gasteiger partial charge >= 0.3 is 0 Å². The Morgan fingerprint density at radius 3 is 2.71 bits per heavy atom. The molecule has 0 saturated carbocycles. The first-order valence-corrected chi connectivity index (χ1v) is 10.1. The summed E-state index contributed by atoms with van der Waals surface area (Å²) in [5.74, 6) is 0.967. The third kappa shape index (κ3) is 5.97. The van der Waals surface area contributed by atoms with Crippen molar-refractivity contribution in [3.05, 3.63) is 29.3 Å². The van der Waals surface area contributed by atoms with E-state index in [0.29, 0.717) is 6.54 Å². The van der Waals surface area contributed by atoms with Crippen LogP contribution in [0.1, 0.15) is 30.9 Å². The molecule has 1 aromatic carbocycles. The molecule has 2 aliphatic heterocycles. The highest BCUT2D eigenvalue weighted by Gasteiger charge is 2.32. The molecule has 158 valence electrons. The Morgan fingerprint density at radius 1 is 1.25 bits per heavy atom. The van der Waals surface area contributed by atoms with Crippen molar-refractivity contribution in [1.82, 2.24) is 10.2 Å². The molecule has 3 rings (SSSR count). The molecule has 2 fully saturated rings. The third-order valence-corrected chi connectivity index (χ3v) is 5.23. The fraction of sp³-hybridized carbons (Fsp3) is 0.667. The lowest BCUT2D eigenvalue weighted by molar-refractivity contribution is -0.0817. The van der Waals surface area contributed by atoms with Gasteiger partial charge in [-0.1, -0.05) is 12.1 Å². The quantitative estimate of drug-likeness (QED) is 0.381. The van der Waals surface area contributed by atoms with Crippen LogP contribution in [-0.4, -0.2) is 70.0 Å². The van der Waals surface area contributed by atoms with Gasteiger partial charge in [-0.05, 0) is 43.9 Å². The summed E-state index contributed by atoms with van der Waals surface area (Å²) in [4.78, 5) is 9.43. The van der Waals surface area contributed by atoms with Crippen LogP contribution in [0.15, 0.2) is 23.2 Å². The molecule has 0 spiro atoms. The first-order chi connectivity index (χ1) is 13.1. The normalized spacial score (nSPS) is 22.7. The summed E-state index contributed by atoms with van der Waals surface area (Å²) in [6.45, 7) is 9.05. The minimum Gasteiger partial charge on any atom is -0.377 e. The van der Waals surface area contributed by atoms with E-state index in [0.717, 1.165) is 51.6 Å². The maximum absolute atomic E-state index is 5.99. The van der Waals surface area contributed by atoms with Crippen LogP contribution >= 0.6 is 24.0 Å². The number of aryl methyl sites for hydroxylation is 1. The Bertz CT molecular complexity index is 647. The van der Waals surface area contributed by atoms with E-state index in [1.807, 2.05) is 0 Å². The Kier molecular flexibility index (Phi) is 9.30. The molecule has 0 radical (unpaired) electrons. The van der Waals surface area contributed by atoms with E-state index in [2.05, 4.69) is 61.3 Å².